The van der Waals surface area contributed by atoms with Crippen molar-refractivity contribution in [1.29, 1.82) is 0 Å². The molecule has 2 fully saturated rings. The van der Waals surface area contributed by atoms with Crippen LogP contribution in [-0.4, -0.2) is 63.6 Å². The molecule has 34 heavy (non-hydrogen) atoms. The van der Waals surface area contributed by atoms with E-state index in [4.69, 9.17) is 4.74 Å². The van der Waals surface area contributed by atoms with Gasteiger partial charge in [0.05, 0.1) is 11.1 Å². The number of nitrogens with zero attached hydrogens (tertiary/aromatic N) is 4. The van der Waals surface area contributed by atoms with Gasteiger partial charge in [0, 0.05) is 49.4 Å². The fourth-order valence-corrected chi connectivity index (χ4v) is 4.63. The number of benzene rings is 1. The van der Waals surface area contributed by atoms with Gasteiger partial charge in [-0.05, 0) is 43.7 Å². The van der Waals surface area contributed by atoms with Crippen LogP contribution in [0.2, 0.25) is 0 Å². The number of carbonyl (C=O) groups is 1. The van der Waals surface area contributed by atoms with Crippen LogP contribution in [0.3, 0.4) is 0 Å². The Labute approximate surface area is 193 Å². The van der Waals surface area contributed by atoms with Crippen LogP contribution in [0.15, 0.2) is 48.7 Å². The lowest BCUT2D eigenvalue weighted by Gasteiger charge is -2.41. The lowest BCUT2D eigenvalue weighted by atomic mass is 10.1. The number of fused-ring (bicyclic) bond motifs is 2. The number of hydrogen-bond donors (Lipinski definition) is 0. The fourth-order valence-electron chi connectivity index (χ4n) is 4.63. The standard InChI is InChI=1S/C24H22F4N4O2/c1-14-11-31-12-17(25)9-18(31)13-32(14)23(33)21-5-2-15-8-19(4-6-20(15)30-21)34-22-7-3-16(10-29-22)24(26,27)28/h2-8,10,14,17-18H,9,11-13H2,1H3/t14-,17+,18-/m1/s1. The van der Waals surface area contributed by atoms with Crippen LogP contribution in [0.25, 0.3) is 10.9 Å². The van der Waals surface area contributed by atoms with Gasteiger partial charge in [-0.3, -0.25) is 9.69 Å². The lowest BCUT2D eigenvalue weighted by Crippen LogP contribution is -2.56. The van der Waals surface area contributed by atoms with E-state index in [-0.39, 0.29) is 23.9 Å². The molecular weight excluding hydrogens is 452 g/mol. The topological polar surface area (TPSA) is 58.6 Å². The molecule has 0 N–H and O–H groups in total. The maximum absolute atomic E-state index is 13.8. The average Bonchev–Trinajstić information content (AvgIpc) is 3.16. The van der Waals surface area contributed by atoms with Crippen LogP contribution in [0.4, 0.5) is 17.6 Å². The molecule has 3 atom stereocenters. The van der Waals surface area contributed by atoms with Gasteiger partial charge >= 0.3 is 6.18 Å². The highest BCUT2D eigenvalue weighted by Crippen LogP contribution is 2.31. The van der Waals surface area contributed by atoms with E-state index in [0.717, 1.165) is 18.3 Å². The number of hydrogen-bond acceptors (Lipinski definition) is 5. The second-order valence-corrected chi connectivity index (χ2v) is 8.78. The van der Waals surface area contributed by atoms with E-state index in [1.165, 1.54) is 0 Å². The van der Waals surface area contributed by atoms with Crippen molar-refractivity contribution in [1.82, 2.24) is 19.8 Å². The van der Waals surface area contributed by atoms with Crippen LogP contribution in [-0.2, 0) is 6.18 Å². The minimum atomic E-state index is -4.46. The van der Waals surface area contributed by atoms with E-state index in [1.807, 2.05) is 6.92 Å². The molecule has 0 radical (unpaired) electrons. The van der Waals surface area contributed by atoms with Gasteiger partial charge in [-0.1, -0.05) is 6.07 Å². The Kier molecular flexibility index (Phi) is 5.63. The van der Waals surface area contributed by atoms with E-state index >= 15 is 0 Å². The molecule has 178 valence electrons. The number of alkyl halides is 4. The molecule has 1 aromatic carbocycles. The highest BCUT2D eigenvalue weighted by molar-refractivity contribution is 5.95. The highest BCUT2D eigenvalue weighted by atomic mass is 19.4. The van der Waals surface area contributed by atoms with Crippen LogP contribution in [0.1, 0.15) is 29.4 Å². The third-order valence-electron chi connectivity index (χ3n) is 6.34. The molecule has 0 bridgehead atoms. The molecule has 1 amide bonds. The summed E-state index contributed by atoms with van der Waals surface area (Å²) in [7, 11) is 0. The Morgan fingerprint density at radius 3 is 2.65 bits per heavy atom. The van der Waals surface area contributed by atoms with E-state index < -0.39 is 17.9 Å². The number of carbonyl (C=O) groups excluding carboxylic acids is 1. The van der Waals surface area contributed by atoms with Gasteiger partial charge in [0.2, 0.25) is 5.88 Å². The van der Waals surface area contributed by atoms with Crippen molar-refractivity contribution in [2.45, 2.75) is 37.8 Å². The van der Waals surface area contributed by atoms with Crippen molar-refractivity contribution in [2.24, 2.45) is 0 Å². The maximum Gasteiger partial charge on any atom is 0.417 e. The van der Waals surface area contributed by atoms with Gasteiger partial charge < -0.3 is 9.64 Å². The number of halogens is 4. The van der Waals surface area contributed by atoms with Gasteiger partial charge in [0.15, 0.2) is 0 Å². The molecule has 4 heterocycles. The van der Waals surface area contributed by atoms with Gasteiger partial charge in [0.25, 0.3) is 5.91 Å². The highest BCUT2D eigenvalue weighted by Gasteiger charge is 2.40. The van der Waals surface area contributed by atoms with Crippen LogP contribution >= 0.6 is 0 Å². The van der Waals surface area contributed by atoms with Gasteiger partial charge in [-0.2, -0.15) is 13.2 Å². The molecule has 2 saturated heterocycles. The largest absolute Gasteiger partial charge is 0.439 e. The average molecular weight is 474 g/mol. The predicted octanol–water partition coefficient (Wildman–Crippen LogP) is 4.70. The summed E-state index contributed by atoms with van der Waals surface area (Å²) in [4.78, 5) is 25.3. The zero-order valence-corrected chi connectivity index (χ0v) is 18.3. The first-order valence-electron chi connectivity index (χ1n) is 11.0. The Morgan fingerprint density at radius 1 is 1.09 bits per heavy atom. The van der Waals surface area contributed by atoms with Crippen LogP contribution in [0, 0.1) is 0 Å². The Morgan fingerprint density at radius 2 is 1.91 bits per heavy atom. The van der Waals surface area contributed by atoms with Crippen molar-refractivity contribution >= 4 is 16.8 Å². The number of rotatable bonds is 3. The lowest BCUT2D eigenvalue weighted by molar-refractivity contribution is -0.137. The fraction of sp³-hybridized carbons (Fsp3) is 0.375. The third-order valence-corrected chi connectivity index (χ3v) is 6.34. The molecule has 2 aromatic heterocycles. The Hall–Kier alpha value is -3.27. The molecule has 0 saturated carbocycles. The van der Waals surface area contributed by atoms with E-state index in [1.54, 1.807) is 35.2 Å². The van der Waals surface area contributed by atoms with Gasteiger partial charge in [-0.25, -0.2) is 14.4 Å². The summed E-state index contributed by atoms with van der Waals surface area (Å²) in [5, 5.41) is 0.704. The second kappa shape index (κ2) is 8.50. The monoisotopic (exact) mass is 474 g/mol. The molecule has 10 heteroatoms. The zero-order valence-electron chi connectivity index (χ0n) is 18.3. The minimum Gasteiger partial charge on any atom is -0.439 e. The van der Waals surface area contributed by atoms with E-state index in [0.29, 0.717) is 48.4 Å². The maximum atomic E-state index is 13.8. The summed E-state index contributed by atoms with van der Waals surface area (Å²) in [6.07, 6.45) is -4.15. The molecule has 0 unspecified atom stereocenters. The molecular formula is C24H22F4N4O2. The van der Waals surface area contributed by atoms with E-state index in [2.05, 4.69) is 14.9 Å². The number of pyridine rings is 2. The van der Waals surface area contributed by atoms with Crippen LogP contribution in [0.5, 0.6) is 11.6 Å². The zero-order chi connectivity index (χ0) is 24.0. The number of piperazine rings is 1. The second-order valence-electron chi connectivity index (χ2n) is 8.78. The summed E-state index contributed by atoms with van der Waals surface area (Å²) in [5.74, 6) is 0.223. The Bertz CT molecular complexity index is 1220. The summed E-state index contributed by atoms with van der Waals surface area (Å²) in [6.45, 7) is 3.51. The quantitative estimate of drug-likeness (QED) is 0.516. The molecule has 0 aliphatic carbocycles. The predicted molar refractivity (Wildman–Crippen MR) is 116 cm³/mol. The van der Waals surface area contributed by atoms with Gasteiger partial charge in [-0.15, -0.1) is 0 Å². The van der Waals surface area contributed by atoms with Crippen molar-refractivity contribution in [3.63, 3.8) is 0 Å². The normalized spacial score (nSPS) is 23.2. The summed E-state index contributed by atoms with van der Waals surface area (Å²) < 4.78 is 57.4. The minimum absolute atomic E-state index is 0.0302. The molecule has 2 aliphatic rings. The molecule has 0 spiro atoms. The smallest absolute Gasteiger partial charge is 0.417 e. The molecule has 6 nitrogen and oxygen atoms in total. The van der Waals surface area contributed by atoms with Gasteiger partial charge in [0.1, 0.15) is 17.6 Å². The number of aromatic nitrogens is 2. The van der Waals surface area contributed by atoms with Crippen molar-refractivity contribution in [3.05, 3.63) is 59.9 Å². The van der Waals surface area contributed by atoms with E-state index in [9.17, 15) is 22.4 Å². The summed E-state index contributed by atoms with van der Waals surface area (Å²) >= 11 is 0. The summed E-state index contributed by atoms with van der Waals surface area (Å²) in [6, 6.07) is 10.4. The third kappa shape index (κ3) is 4.42. The SMILES string of the molecule is C[C@@H]1CN2C[C@@H](F)C[C@@H]2CN1C(=O)c1ccc2cc(Oc3ccc(C(F)(F)F)cn3)ccc2n1. The molecule has 5 rings (SSSR count). The first-order valence-corrected chi connectivity index (χ1v) is 11.0. The first-order chi connectivity index (χ1) is 16.2. The Balaban J connectivity index is 1.31. The van der Waals surface area contributed by atoms with Crippen molar-refractivity contribution in [2.75, 3.05) is 19.6 Å². The van der Waals surface area contributed by atoms with Crippen molar-refractivity contribution < 1.29 is 27.1 Å². The molecule has 3 aromatic rings. The first kappa shape index (κ1) is 22.5. The molecule has 2 aliphatic heterocycles. The van der Waals surface area contributed by atoms with Crippen molar-refractivity contribution in [3.8, 4) is 11.6 Å². The van der Waals surface area contributed by atoms with Crippen LogP contribution < -0.4 is 4.74 Å². The summed E-state index contributed by atoms with van der Waals surface area (Å²) in [5.41, 5.74) is 0.0307. The number of ether oxygens (including phenoxy) is 1. The number of amides is 1.